The number of furan rings is 1. The molecule has 0 N–H and O–H groups in total. The van der Waals surface area contributed by atoms with E-state index < -0.39 is 0 Å². The number of benzene rings is 3. The predicted molar refractivity (Wildman–Crippen MR) is 132 cm³/mol. The maximum atomic E-state index is 7.36. The maximum absolute atomic E-state index is 7.36. The summed E-state index contributed by atoms with van der Waals surface area (Å²) in [6, 6.07) is 18.9. The molecule has 0 aliphatic rings. The van der Waals surface area contributed by atoms with E-state index in [-0.39, 0.29) is 0 Å². The van der Waals surface area contributed by atoms with E-state index in [1.54, 1.807) is 0 Å². The van der Waals surface area contributed by atoms with Crippen molar-refractivity contribution in [1.82, 2.24) is 0 Å². The van der Waals surface area contributed by atoms with Gasteiger partial charge in [-0.15, -0.1) is 0 Å². The summed E-state index contributed by atoms with van der Waals surface area (Å²) in [4.78, 5) is 3.58. The third kappa shape index (κ3) is 3.07. The largest absolute Gasteiger partial charge is 0.456 e. The Bertz CT molecular complexity index is 1560. The zero-order valence-electron chi connectivity index (χ0n) is 19.3. The molecule has 0 spiro atoms. The lowest BCUT2D eigenvalue weighted by Gasteiger charge is -2.13. The van der Waals surface area contributed by atoms with Crippen molar-refractivity contribution in [3.63, 3.8) is 0 Å². The number of rotatable bonds is 3. The number of para-hydroxylation sites is 1. The van der Waals surface area contributed by atoms with Crippen LogP contribution < -0.4 is 4.57 Å². The Kier molecular flexibility index (Phi) is 4.75. The molecule has 0 fully saturated rings. The highest BCUT2D eigenvalue weighted by atomic mass is 16.3. The van der Waals surface area contributed by atoms with Gasteiger partial charge in [0.25, 0.3) is 0 Å². The van der Waals surface area contributed by atoms with Crippen molar-refractivity contribution in [2.45, 2.75) is 34.1 Å². The monoisotopic (exact) mass is 419 g/mol. The maximum Gasteiger partial charge on any atom is 0.217 e. The summed E-state index contributed by atoms with van der Waals surface area (Å²) >= 11 is 0. The molecule has 0 saturated carbocycles. The van der Waals surface area contributed by atoms with E-state index in [1.165, 1.54) is 27.6 Å². The van der Waals surface area contributed by atoms with Gasteiger partial charge in [-0.05, 0) is 61.1 Å². The highest BCUT2D eigenvalue weighted by molar-refractivity contribution is 6.11. The van der Waals surface area contributed by atoms with Gasteiger partial charge >= 0.3 is 0 Å². The second-order valence-corrected chi connectivity index (χ2v) is 9.19. The molecule has 3 nitrogen and oxygen atoms in total. The van der Waals surface area contributed by atoms with Gasteiger partial charge in [0.15, 0.2) is 5.69 Å². The van der Waals surface area contributed by atoms with Gasteiger partial charge in [-0.3, -0.25) is 0 Å². The van der Waals surface area contributed by atoms with Crippen LogP contribution in [-0.4, -0.2) is 0 Å². The molecule has 3 heteroatoms. The first-order valence-corrected chi connectivity index (χ1v) is 11.1. The third-order valence-corrected chi connectivity index (χ3v) is 6.56. The van der Waals surface area contributed by atoms with E-state index in [9.17, 15) is 0 Å². The second kappa shape index (κ2) is 7.50. The third-order valence-electron chi connectivity index (χ3n) is 6.56. The molecule has 0 aliphatic heterocycles. The Labute approximate surface area is 188 Å². The van der Waals surface area contributed by atoms with Crippen molar-refractivity contribution >= 4 is 38.5 Å². The molecule has 0 bridgehead atoms. The van der Waals surface area contributed by atoms with Crippen LogP contribution in [0.15, 0.2) is 59.0 Å². The number of hydrogen-bond donors (Lipinski definition) is 0. The molecule has 0 amide bonds. The fourth-order valence-corrected chi connectivity index (χ4v) is 4.86. The highest BCUT2D eigenvalue weighted by Crippen LogP contribution is 2.40. The molecule has 5 aromatic rings. The van der Waals surface area contributed by atoms with Crippen molar-refractivity contribution in [3.8, 4) is 11.3 Å². The molecule has 0 radical (unpaired) electrons. The van der Waals surface area contributed by atoms with E-state index in [4.69, 9.17) is 11.0 Å². The summed E-state index contributed by atoms with van der Waals surface area (Å²) in [7, 11) is 2.14. The summed E-state index contributed by atoms with van der Waals surface area (Å²) in [6.07, 6.45) is 1.02. The van der Waals surface area contributed by atoms with Crippen LogP contribution in [0.5, 0.6) is 0 Å². The molecule has 32 heavy (non-hydrogen) atoms. The van der Waals surface area contributed by atoms with E-state index in [0.29, 0.717) is 11.6 Å². The lowest BCUT2D eigenvalue weighted by Crippen LogP contribution is -2.33. The van der Waals surface area contributed by atoms with Crippen LogP contribution in [-0.2, 0) is 13.5 Å². The summed E-state index contributed by atoms with van der Waals surface area (Å²) in [5.74, 6) is 0.566. The molecule has 0 atom stereocenters. The average molecular weight is 420 g/mol. The Morgan fingerprint density at radius 2 is 1.75 bits per heavy atom. The molecular weight excluding hydrogens is 392 g/mol. The van der Waals surface area contributed by atoms with E-state index in [1.807, 2.05) is 18.2 Å². The molecule has 158 valence electrons. The van der Waals surface area contributed by atoms with Crippen LogP contribution in [0.2, 0.25) is 0 Å². The number of aromatic nitrogens is 1. The Balaban J connectivity index is 1.91. The number of nitrogens with zero attached hydrogens (tertiary/aromatic N) is 2. The highest BCUT2D eigenvalue weighted by Gasteiger charge is 2.25. The number of fused-ring (bicyclic) bond motifs is 4. The molecular formula is C29H27N2O+. The summed E-state index contributed by atoms with van der Waals surface area (Å²) in [6.45, 7) is 16.2. The van der Waals surface area contributed by atoms with Crippen molar-refractivity contribution in [3.05, 3.63) is 82.7 Å². The Morgan fingerprint density at radius 1 is 0.969 bits per heavy atom. The zero-order chi connectivity index (χ0) is 22.6. The van der Waals surface area contributed by atoms with Crippen molar-refractivity contribution in [2.24, 2.45) is 13.0 Å². The van der Waals surface area contributed by atoms with Crippen LogP contribution in [0.3, 0.4) is 0 Å². The van der Waals surface area contributed by atoms with E-state index >= 15 is 0 Å². The first-order chi connectivity index (χ1) is 15.4. The van der Waals surface area contributed by atoms with Gasteiger partial charge in [-0.25, -0.2) is 4.85 Å². The minimum Gasteiger partial charge on any atom is -0.456 e. The van der Waals surface area contributed by atoms with E-state index in [2.05, 4.69) is 80.6 Å². The van der Waals surface area contributed by atoms with Crippen LogP contribution >= 0.6 is 0 Å². The minimum atomic E-state index is 0.566. The molecule has 0 saturated heterocycles. The number of hydrogen-bond acceptors (Lipinski definition) is 1. The lowest BCUT2D eigenvalue weighted by atomic mass is 9.92. The second-order valence-electron chi connectivity index (χ2n) is 9.19. The summed E-state index contributed by atoms with van der Waals surface area (Å²) < 4.78 is 8.74. The lowest BCUT2D eigenvalue weighted by molar-refractivity contribution is -0.633. The van der Waals surface area contributed by atoms with Gasteiger partial charge in [0.2, 0.25) is 11.2 Å². The number of pyridine rings is 1. The normalized spacial score (nSPS) is 11.7. The molecule has 2 heterocycles. The SMILES string of the molecule is [C-]#[N+]c1ccc2c(c1)oc1c(-c3cc(CC(C)C)c4ccccc4[n+]3C)c(C)c(C)cc12. The fraction of sp³-hybridized carbons (Fsp3) is 0.241. The average Bonchev–Trinajstić information content (AvgIpc) is 3.13. The predicted octanol–water partition coefficient (Wildman–Crippen LogP) is 7.60. The van der Waals surface area contributed by atoms with Gasteiger partial charge in [0, 0.05) is 28.3 Å². The molecule has 0 aliphatic carbocycles. The van der Waals surface area contributed by atoms with Crippen LogP contribution in [0, 0.1) is 26.3 Å². The Hall–Kier alpha value is -3.64. The van der Waals surface area contributed by atoms with Gasteiger partial charge in [-0.2, -0.15) is 4.57 Å². The van der Waals surface area contributed by atoms with Gasteiger partial charge in [0.05, 0.1) is 12.1 Å². The quantitative estimate of drug-likeness (QED) is 0.218. The van der Waals surface area contributed by atoms with Crippen molar-refractivity contribution in [1.29, 1.82) is 0 Å². The van der Waals surface area contributed by atoms with Gasteiger partial charge < -0.3 is 4.42 Å². The summed E-state index contributed by atoms with van der Waals surface area (Å²) in [5.41, 5.74) is 9.62. The topological polar surface area (TPSA) is 21.4 Å². The molecule has 0 unspecified atom stereocenters. The van der Waals surface area contributed by atoms with Crippen LogP contribution in [0.4, 0.5) is 5.69 Å². The summed E-state index contributed by atoms with van der Waals surface area (Å²) in [5, 5.41) is 3.47. The van der Waals surface area contributed by atoms with E-state index in [0.717, 1.165) is 39.6 Å². The zero-order valence-corrected chi connectivity index (χ0v) is 19.3. The standard InChI is InChI=1S/C29H27N2O/c1-17(2)13-20-15-26(31(6)25-10-8-7-9-22(20)25)28-19(4)18(3)14-24-23-12-11-21(30-5)16-27(23)32-29(24)28/h7-12,14-17H,13H2,1-4,6H3/q+1. The first-order valence-electron chi connectivity index (χ1n) is 11.1. The molecule has 2 aromatic heterocycles. The van der Waals surface area contributed by atoms with Crippen LogP contribution in [0.1, 0.15) is 30.5 Å². The fourth-order valence-electron chi connectivity index (χ4n) is 4.86. The van der Waals surface area contributed by atoms with Crippen LogP contribution in [0.25, 0.3) is 48.9 Å². The molecule has 5 rings (SSSR count). The van der Waals surface area contributed by atoms with Gasteiger partial charge in [0.1, 0.15) is 18.2 Å². The molecule has 3 aromatic carbocycles. The van der Waals surface area contributed by atoms with Crippen molar-refractivity contribution in [2.75, 3.05) is 0 Å². The van der Waals surface area contributed by atoms with Crippen molar-refractivity contribution < 1.29 is 8.98 Å². The number of aryl methyl sites for hydroxylation is 2. The smallest absolute Gasteiger partial charge is 0.217 e. The Morgan fingerprint density at radius 3 is 2.50 bits per heavy atom. The minimum absolute atomic E-state index is 0.566. The van der Waals surface area contributed by atoms with Gasteiger partial charge in [-0.1, -0.05) is 38.1 Å². The first kappa shape index (κ1) is 20.3.